The predicted molar refractivity (Wildman–Crippen MR) is 82.2 cm³/mol. The van der Waals surface area contributed by atoms with E-state index in [9.17, 15) is 4.79 Å². The zero-order valence-corrected chi connectivity index (χ0v) is 12.9. The molecule has 0 aliphatic heterocycles. The van der Waals surface area contributed by atoms with Crippen LogP contribution in [0, 0.1) is 0 Å². The molecule has 0 spiro atoms. The van der Waals surface area contributed by atoms with Crippen molar-refractivity contribution in [2.45, 2.75) is 25.4 Å². The van der Waals surface area contributed by atoms with Crippen molar-refractivity contribution in [3.63, 3.8) is 0 Å². The summed E-state index contributed by atoms with van der Waals surface area (Å²) in [5, 5.41) is 8.09. The van der Waals surface area contributed by atoms with Gasteiger partial charge in [-0.25, -0.2) is 4.98 Å². The van der Waals surface area contributed by atoms with E-state index < -0.39 is 0 Å². The van der Waals surface area contributed by atoms with E-state index in [1.54, 1.807) is 22.8 Å². The van der Waals surface area contributed by atoms with Crippen molar-refractivity contribution >= 4 is 28.2 Å². The van der Waals surface area contributed by atoms with Crippen LogP contribution >= 0.6 is 11.3 Å². The van der Waals surface area contributed by atoms with Gasteiger partial charge in [0.1, 0.15) is 10.7 Å². The maximum Gasteiger partial charge on any atom is 0.267 e. The Labute approximate surface area is 126 Å². The van der Waals surface area contributed by atoms with Crippen molar-refractivity contribution < 1.29 is 4.79 Å². The minimum atomic E-state index is -0.113. The second-order valence-electron chi connectivity index (χ2n) is 5.34. The zero-order valence-electron chi connectivity index (χ0n) is 12.0. The van der Waals surface area contributed by atoms with Gasteiger partial charge < -0.3 is 16.0 Å². The van der Waals surface area contributed by atoms with E-state index in [2.05, 4.69) is 15.4 Å². The number of nitrogens with two attached hydrogens (primary N) is 1. The van der Waals surface area contributed by atoms with Crippen LogP contribution in [0.2, 0.25) is 0 Å². The molecule has 8 heteroatoms. The molecule has 0 radical (unpaired) electrons. The number of nitrogens with zero attached hydrogens (tertiary/aromatic N) is 4. The number of anilines is 2. The first-order valence-electron chi connectivity index (χ1n) is 6.78. The van der Waals surface area contributed by atoms with Crippen LogP contribution in [-0.4, -0.2) is 38.7 Å². The molecule has 0 aromatic carbocycles. The Morgan fingerprint density at radius 1 is 1.62 bits per heavy atom. The number of nitrogen functional groups attached to an aromatic ring is 1. The molecule has 2 aromatic rings. The molecule has 1 aliphatic rings. The largest absolute Gasteiger partial charge is 0.382 e. The summed E-state index contributed by atoms with van der Waals surface area (Å²) < 4.78 is 1.71. The molecule has 1 amide bonds. The summed E-state index contributed by atoms with van der Waals surface area (Å²) in [6, 6.07) is 0.492. The number of hydrogen-bond acceptors (Lipinski definition) is 6. The molecule has 21 heavy (non-hydrogen) atoms. The number of amides is 1. The molecule has 0 atom stereocenters. The number of thiazole rings is 1. The number of hydrogen-bond donors (Lipinski definition) is 2. The van der Waals surface area contributed by atoms with E-state index in [0.717, 1.165) is 23.5 Å². The number of aromatic nitrogens is 3. The Bertz CT molecular complexity index is 659. The lowest BCUT2D eigenvalue weighted by Gasteiger charge is -2.15. The molecule has 0 saturated heterocycles. The number of carbonyl (C=O) groups is 1. The molecule has 2 heterocycles. The third-order valence-corrected chi connectivity index (χ3v) is 4.27. The zero-order chi connectivity index (χ0) is 15.0. The highest BCUT2D eigenvalue weighted by atomic mass is 32.1. The smallest absolute Gasteiger partial charge is 0.267 e. The second kappa shape index (κ2) is 5.36. The SMILES string of the molecule is CN(Cc1cnn(C)c1)C(=O)c1sc(NC2CC2)nc1N. The molecular weight excluding hydrogens is 288 g/mol. The van der Waals surface area contributed by atoms with Gasteiger partial charge in [0.15, 0.2) is 5.13 Å². The van der Waals surface area contributed by atoms with E-state index >= 15 is 0 Å². The van der Waals surface area contributed by atoms with Crippen LogP contribution in [0.25, 0.3) is 0 Å². The molecular formula is C13H18N6OS. The summed E-state index contributed by atoms with van der Waals surface area (Å²) in [6.45, 7) is 0.495. The lowest BCUT2D eigenvalue weighted by Crippen LogP contribution is -2.26. The van der Waals surface area contributed by atoms with Crippen LogP contribution in [0.5, 0.6) is 0 Å². The van der Waals surface area contributed by atoms with Crippen molar-refractivity contribution in [2.24, 2.45) is 7.05 Å². The summed E-state index contributed by atoms with van der Waals surface area (Å²) in [7, 11) is 3.60. The van der Waals surface area contributed by atoms with Crippen molar-refractivity contribution in [3.05, 3.63) is 22.8 Å². The van der Waals surface area contributed by atoms with Gasteiger partial charge in [0.05, 0.1) is 6.20 Å². The summed E-state index contributed by atoms with van der Waals surface area (Å²) in [6.07, 6.45) is 5.95. The second-order valence-corrected chi connectivity index (χ2v) is 6.33. The van der Waals surface area contributed by atoms with Gasteiger partial charge in [-0.15, -0.1) is 0 Å². The Hall–Kier alpha value is -2.09. The van der Waals surface area contributed by atoms with Gasteiger partial charge in [0.2, 0.25) is 0 Å². The molecule has 0 bridgehead atoms. The monoisotopic (exact) mass is 306 g/mol. The predicted octanol–water partition coefficient (Wildman–Crippen LogP) is 1.31. The highest BCUT2D eigenvalue weighted by Crippen LogP contribution is 2.31. The highest BCUT2D eigenvalue weighted by Gasteiger charge is 2.25. The Kier molecular flexibility index (Phi) is 3.54. The minimum absolute atomic E-state index is 0.113. The van der Waals surface area contributed by atoms with Gasteiger partial charge in [-0.1, -0.05) is 11.3 Å². The van der Waals surface area contributed by atoms with Crippen molar-refractivity contribution in [1.82, 2.24) is 19.7 Å². The molecule has 3 N–H and O–H groups in total. The van der Waals surface area contributed by atoms with E-state index in [-0.39, 0.29) is 5.91 Å². The Morgan fingerprint density at radius 2 is 2.38 bits per heavy atom. The van der Waals surface area contributed by atoms with E-state index in [4.69, 9.17) is 5.73 Å². The topological polar surface area (TPSA) is 89.1 Å². The van der Waals surface area contributed by atoms with Crippen molar-refractivity contribution in [1.29, 1.82) is 0 Å². The van der Waals surface area contributed by atoms with E-state index in [1.165, 1.54) is 11.3 Å². The van der Waals surface area contributed by atoms with Gasteiger partial charge in [0, 0.05) is 38.4 Å². The first kappa shape index (κ1) is 13.9. The molecule has 112 valence electrons. The van der Waals surface area contributed by atoms with Crippen LogP contribution in [0.4, 0.5) is 10.9 Å². The normalized spacial score (nSPS) is 14.2. The maximum absolute atomic E-state index is 12.5. The highest BCUT2D eigenvalue weighted by molar-refractivity contribution is 7.18. The summed E-state index contributed by atoms with van der Waals surface area (Å²) in [4.78, 5) is 18.8. The maximum atomic E-state index is 12.5. The molecule has 3 rings (SSSR count). The van der Waals surface area contributed by atoms with Crippen LogP contribution in [0.3, 0.4) is 0 Å². The van der Waals surface area contributed by atoms with Crippen LogP contribution in [-0.2, 0) is 13.6 Å². The van der Waals surface area contributed by atoms with Gasteiger partial charge in [-0.05, 0) is 12.8 Å². The number of nitrogens with one attached hydrogen (secondary N) is 1. The van der Waals surface area contributed by atoms with Crippen LogP contribution in [0.15, 0.2) is 12.4 Å². The average Bonchev–Trinajstić information content (AvgIpc) is 3.04. The van der Waals surface area contributed by atoms with E-state index in [1.807, 2.05) is 13.2 Å². The number of rotatable bonds is 5. The molecule has 2 aromatic heterocycles. The first-order chi connectivity index (χ1) is 10.0. The molecule has 1 fully saturated rings. The third-order valence-electron chi connectivity index (χ3n) is 3.28. The average molecular weight is 306 g/mol. The molecule has 1 aliphatic carbocycles. The lowest BCUT2D eigenvalue weighted by molar-refractivity contribution is 0.0790. The summed E-state index contributed by atoms with van der Waals surface area (Å²) in [5.74, 6) is 0.184. The van der Waals surface area contributed by atoms with Crippen LogP contribution < -0.4 is 11.1 Å². The van der Waals surface area contributed by atoms with Crippen molar-refractivity contribution in [2.75, 3.05) is 18.1 Å². The van der Waals surface area contributed by atoms with Gasteiger partial charge in [0.25, 0.3) is 5.91 Å². The number of carbonyl (C=O) groups excluding carboxylic acids is 1. The third kappa shape index (κ3) is 3.15. The van der Waals surface area contributed by atoms with Gasteiger partial charge >= 0.3 is 0 Å². The molecule has 1 saturated carbocycles. The van der Waals surface area contributed by atoms with Crippen molar-refractivity contribution in [3.8, 4) is 0 Å². The quantitative estimate of drug-likeness (QED) is 0.869. The summed E-state index contributed by atoms with van der Waals surface area (Å²) >= 11 is 1.32. The first-order valence-corrected chi connectivity index (χ1v) is 7.60. The Balaban J connectivity index is 1.69. The Morgan fingerprint density at radius 3 is 3.00 bits per heavy atom. The fourth-order valence-corrected chi connectivity index (χ4v) is 2.98. The van der Waals surface area contributed by atoms with Gasteiger partial charge in [-0.2, -0.15) is 5.10 Å². The fraction of sp³-hybridized carbons (Fsp3) is 0.462. The molecule has 7 nitrogen and oxygen atoms in total. The van der Waals surface area contributed by atoms with Gasteiger partial charge in [-0.3, -0.25) is 9.48 Å². The summed E-state index contributed by atoms with van der Waals surface area (Å²) in [5.41, 5.74) is 6.85. The molecule has 0 unspecified atom stereocenters. The number of aryl methyl sites for hydroxylation is 1. The fourth-order valence-electron chi connectivity index (χ4n) is 2.02. The standard InChI is InChI=1S/C13H18N6OS/c1-18(6-8-5-15-19(2)7-8)12(20)10-11(14)17-13(21-10)16-9-3-4-9/h5,7,9H,3-4,6,14H2,1-2H3,(H,16,17). The van der Waals surface area contributed by atoms with E-state index in [0.29, 0.717) is 23.3 Å². The minimum Gasteiger partial charge on any atom is -0.382 e. The lowest BCUT2D eigenvalue weighted by atomic mass is 10.3. The van der Waals surface area contributed by atoms with Crippen LogP contribution in [0.1, 0.15) is 28.1 Å².